The van der Waals surface area contributed by atoms with Crippen LogP contribution in [0.2, 0.25) is 0 Å². The first kappa shape index (κ1) is 18.8. The fourth-order valence-electron chi connectivity index (χ4n) is 3.34. The number of nitrogens with one attached hydrogen (secondary N) is 2. The Hall–Kier alpha value is -1.56. The molecule has 0 bridgehead atoms. The van der Waals surface area contributed by atoms with Gasteiger partial charge in [-0.2, -0.15) is 5.10 Å². The second-order valence-corrected chi connectivity index (χ2v) is 7.96. The maximum atomic E-state index is 4.40. The van der Waals surface area contributed by atoms with E-state index in [4.69, 9.17) is 0 Å². The lowest BCUT2D eigenvalue weighted by atomic mass is 9.75. The summed E-state index contributed by atoms with van der Waals surface area (Å²) in [5, 5.41) is 11.4. The topological polar surface area (TPSA) is 57.5 Å². The summed E-state index contributed by atoms with van der Waals surface area (Å²) in [5.41, 5.74) is 1.70. The van der Waals surface area contributed by atoms with Gasteiger partial charge in [0.15, 0.2) is 5.96 Å². The zero-order chi connectivity index (χ0) is 17.7. The summed E-state index contributed by atoms with van der Waals surface area (Å²) in [6.45, 7) is 5.54. The van der Waals surface area contributed by atoms with Crippen molar-refractivity contribution in [2.24, 2.45) is 17.5 Å². The Kier molecular flexibility index (Phi) is 6.27. The number of aryl methyl sites for hydroxylation is 1. The van der Waals surface area contributed by atoms with Crippen molar-refractivity contribution in [3.05, 3.63) is 18.0 Å². The van der Waals surface area contributed by atoms with E-state index < -0.39 is 0 Å². The van der Waals surface area contributed by atoms with Gasteiger partial charge in [0.05, 0.1) is 12.2 Å². The van der Waals surface area contributed by atoms with E-state index in [0.717, 1.165) is 12.5 Å². The maximum Gasteiger partial charge on any atom is 0.191 e. The molecule has 0 spiro atoms. The first-order valence-corrected chi connectivity index (χ1v) is 8.93. The normalized spacial score (nSPS) is 20.2. The molecular formula is C18H34N6. The van der Waals surface area contributed by atoms with Gasteiger partial charge in [-0.3, -0.25) is 9.67 Å². The molecule has 1 unspecified atom stereocenters. The summed E-state index contributed by atoms with van der Waals surface area (Å²) in [6, 6.07) is 0.794. The second kappa shape index (κ2) is 8.01. The number of likely N-dealkylation sites (N-methyl/N-ethyl adjacent to an activating group) is 1. The summed E-state index contributed by atoms with van der Waals surface area (Å²) in [6.07, 6.45) is 8.99. The lowest BCUT2D eigenvalue weighted by Gasteiger charge is -2.35. The molecule has 0 aromatic carbocycles. The fraction of sp³-hybridized carbons (Fsp3) is 0.778. The van der Waals surface area contributed by atoms with Crippen LogP contribution in [0.4, 0.5) is 0 Å². The minimum Gasteiger partial charge on any atom is -0.354 e. The van der Waals surface area contributed by atoms with Gasteiger partial charge in [0.25, 0.3) is 0 Å². The van der Waals surface area contributed by atoms with Crippen molar-refractivity contribution in [1.82, 2.24) is 25.3 Å². The summed E-state index contributed by atoms with van der Waals surface area (Å²) in [7, 11) is 7.99. The highest BCUT2D eigenvalue weighted by Crippen LogP contribution is 2.34. The lowest BCUT2D eigenvalue weighted by Crippen LogP contribution is -2.47. The number of aliphatic imine (C=N–C) groups is 1. The lowest BCUT2D eigenvalue weighted by molar-refractivity contribution is 0.216. The Bertz CT molecular complexity index is 535. The largest absolute Gasteiger partial charge is 0.354 e. The predicted octanol–water partition coefficient (Wildman–Crippen LogP) is 2.16. The van der Waals surface area contributed by atoms with E-state index in [1.807, 2.05) is 25.0 Å². The number of rotatable bonds is 5. The Balaban J connectivity index is 1.88. The molecule has 1 fully saturated rings. The zero-order valence-electron chi connectivity index (χ0n) is 16.1. The number of hydrogen-bond donors (Lipinski definition) is 2. The zero-order valence-corrected chi connectivity index (χ0v) is 16.1. The highest BCUT2D eigenvalue weighted by molar-refractivity contribution is 5.80. The molecule has 1 aromatic heterocycles. The van der Waals surface area contributed by atoms with Crippen molar-refractivity contribution < 1.29 is 0 Å². The highest BCUT2D eigenvalue weighted by Gasteiger charge is 2.27. The average Bonchev–Trinajstić information content (AvgIpc) is 2.94. The van der Waals surface area contributed by atoms with Gasteiger partial charge in [0, 0.05) is 38.4 Å². The van der Waals surface area contributed by atoms with Gasteiger partial charge in [-0.15, -0.1) is 0 Å². The van der Waals surface area contributed by atoms with Crippen molar-refractivity contribution >= 4 is 5.96 Å². The number of guanidine groups is 1. The SMILES string of the molecule is CN=C(NCC(c1cnn(C)c1)N(C)C)NC1CCC(C)(C)CC1. The predicted molar refractivity (Wildman–Crippen MR) is 100 cm³/mol. The Morgan fingerprint density at radius 3 is 2.58 bits per heavy atom. The molecule has 2 N–H and O–H groups in total. The standard InChI is InChI=1S/C18H34N6/c1-18(2)9-7-15(8-10-18)22-17(19-3)20-12-16(23(4)5)14-11-21-24(6)13-14/h11,13,15-16H,7-10,12H2,1-6H3,(H2,19,20,22). The third kappa shape index (κ3) is 5.23. The van der Waals surface area contributed by atoms with Crippen LogP contribution < -0.4 is 10.6 Å². The van der Waals surface area contributed by atoms with Gasteiger partial charge in [0.2, 0.25) is 0 Å². The first-order chi connectivity index (χ1) is 11.3. The Morgan fingerprint density at radius 2 is 2.08 bits per heavy atom. The molecule has 0 amide bonds. The highest BCUT2D eigenvalue weighted by atomic mass is 15.3. The second-order valence-electron chi connectivity index (χ2n) is 7.96. The monoisotopic (exact) mass is 334 g/mol. The van der Waals surface area contributed by atoms with Crippen LogP contribution in [0.15, 0.2) is 17.4 Å². The number of aromatic nitrogens is 2. The van der Waals surface area contributed by atoms with E-state index in [2.05, 4.69) is 59.8 Å². The van der Waals surface area contributed by atoms with Crippen LogP contribution in [0.1, 0.15) is 51.1 Å². The van der Waals surface area contributed by atoms with Crippen molar-refractivity contribution in [2.45, 2.75) is 51.6 Å². The smallest absolute Gasteiger partial charge is 0.191 e. The molecule has 1 aromatic rings. The Morgan fingerprint density at radius 1 is 1.42 bits per heavy atom. The van der Waals surface area contributed by atoms with E-state index >= 15 is 0 Å². The van der Waals surface area contributed by atoms with Crippen LogP contribution >= 0.6 is 0 Å². The molecule has 0 radical (unpaired) electrons. The van der Waals surface area contributed by atoms with E-state index in [1.54, 1.807) is 0 Å². The molecule has 136 valence electrons. The van der Waals surface area contributed by atoms with Crippen molar-refractivity contribution in [3.63, 3.8) is 0 Å². The van der Waals surface area contributed by atoms with Crippen molar-refractivity contribution in [3.8, 4) is 0 Å². The van der Waals surface area contributed by atoms with Gasteiger partial charge in [-0.25, -0.2) is 0 Å². The quantitative estimate of drug-likeness (QED) is 0.640. The summed E-state index contributed by atoms with van der Waals surface area (Å²) in [5.74, 6) is 0.899. The molecule has 6 heteroatoms. The molecule has 1 aliphatic carbocycles. The van der Waals surface area contributed by atoms with Crippen LogP contribution in [0.3, 0.4) is 0 Å². The molecule has 0 aliphatic heterocycles. The maximum absolute atomic E-state index is 4.40. The third-order valence-electron chi connectivity index (χ3n) is 5.10. The minimum absolute atomic E-state index is 0.266. The van der Waals surface area contributed by atoms with Crippen LogP contribution in [0.5, 0.6) is 0 Å². The van der Waals surface area contributed by atoms with Crippen LogP contribution in [0, 0.1) is 5.41 Å². The van der Waals surface area contributed by atoms with E-state index in [9.17, 15) is 0 Å². The van der Waals surface area contributed by atoms with Gasteiger partial charge >= 0.3 is 0 Å². The van der Waals surface area contributed by atoms with Gasteiger partial charge in [-0.05, 0) is 45.2 Å². The molecule has 1 heterocycles. The third-order valence-corrected chi connectivity index (χ3v) is 5.10. The van der Waals surface area contributed by atoms with E-state index in [-0.39, 0.29) is 6.04 Å². The molecule has 1 saturated carbocycles. The summed E-state index contributed by atoms with van der Waals surface area (Å²) < 4.78 is 1.85. The molecule has 2 rings (SSSR count). The Labute approximate surface area is 146 Å². The van der Waals surface area contributed by atoms with Crippen LogP contribution in [-0.4, -0.2) is 54.4 Å². The van der Waals surface area contributed by atoms with Crippen LogP contribution in [-0.2, 0) is 7.05 Å². The van der Waals surface area contributed by atoms with Gasteiger partial charge in [0.1, 0.15) is 0 Å². The number of hydrogen-bond acceptors (Lipinski definition) is 3. The van der Waals surface area contributed by atoms with E-state index in [0.29, 0.717) is 11.5 Å². The number of nitrogens with zero attached hydrogens (tertiary/aromatic N) is 4. The molecule has 6 nitrogen and oxygen atoms in total. The van der Waals surface area contributed by atoms with E-state index in [1.165, 1.54) is 31.2 Å². The molecular weight excluding hydrogens is 300 g/mol. The first-order valence-electron chi connectivity index (χ1n) is 8.93. The molecule has 0 saturated heterocycles. The van der Waals surface area contributed by atoms with Gasteiger partial charge < -0.3 is 15.5 Å². The van der Waals surface area contributed by atoms with Crippen molar-refractivity contribution in [2.75, 3.05) is 27.7 Å². The summed E-state index contributed by atoms with van der Waals surface area (Å²) >= 11 is 0. The molecule has 1 aliphatic rings. The average molecular weight is 335 g/mol. The molecule has 1 atom stereocenters. The van der Waals surface area contributed by atoms with Gasteiger partial charge in [-0.1, -0.05) is 13.8 Å². The summed E-state index contributed by atoms with van der Waals surface area (Å²) in [4.78, 5) is 6.61. The molecule has 24 heavy (non-hydrogen) atoms. The van der Waals surface area contributed by atoms with Crippen molar-refractivity contribution in [1.29, 1.82) is 0 Å². The minimum atomic E-state index is 0.266. The fourth-order valence-corrected chi connectivity index (χ4v) is 3.34. The van der Waals surface area contributed by atoms with Crippen LogP contribution in [0.25, 0.3) is 0 Å².